The van der Waals surface area contributed by atoms with Gasteiger partial charge in [0.15, 0.2) is 0 Å². The van der Waals surface area contributed by atoms with Crippen LogP contribution in [0.25, 0.3) is 10.2 Å². The minimum atomic E-state index is -0.177. The Labute approximate surface area is 168 Å². The summed E-state index contributed by atoms with van der Waals surface area (Å²) < 4.78 is 0. The number of hydrogen-bond acceptors (Lipinski definition) is 5. The number of nitrogens with zero attached hydrogens (tertiary/aromatic N) is 3. The van der Waals surface area contributed by atoms with Crippen LogP contribution >= 0.6 is 23.1 Å². The fraction of sp³-hybridized carbons (Fsp3) is 0.381. The molecule has 1 aliphatic carbocycles. The predicted octanol–water partition coefficient (Wildman–Crippen LogP) is 4.71. The maximum atomic E-state index is 13.1. The molecule has 0 spiro atoms. The first-order chi connectivity index (χ1) is 13.2. The third-order valence-corrected chi connectivity index (χ3v) is 7.30. The lowest BCUT2D eigenvalue weighted by Gasteiger charge is -2.24. The summed E-state index contributed by atoms with van der Waals surface area (Å²) >= 11 is 3.36. The van der Waals surface area contributed by atoms with E-state index >= 15 is 0 Å². The van der Waals surface area contributed by atoms with E-state index in [9.17, 15) is 4.79 Å². The Bertz CT molecular complexity index is 955. The van der Waals surface area contributed by atoms with Gasteiger partial charge in [0.1, 0.15) is 16.2 Å². The van der Waals surface area contributed by atoms with Crippen LogP contribution in [0.15, 0.2) is 41.7 Å². The van der Waals surface area contributed by atoms with E-state index in [-0.39, 0.29) is 11.2 Å². The van der Waals surface area contributed by atoms with Crippen molar-refractivity contribution >= 4 is 39.2 Å². The Balaban J connectivity index is 1.54. The molecule has 0 aliphatic heterocycles. The number of aryl methyl sites for hydroxylation is 2. The van der Waals surface area contributed by atoms with Crippen LogP contribution in [-0.2, 0) is 24.2 Å². The van der Waals surface area contributed by atoms with Gasteiger partial charge in [-0.25, -0.2) is 9.97 Å². The van der Waals surface area contributed by atoms with Crippen molar-refractivity contribution in [2.24, 2.45) is 0 Å². The second-order valence-electron chi connectivity index (χ2n) is 6.81. The Morgan fingerprint density at radius 1 is 1.26 bits per heavy atom. The highest BCUT2D eigenvalue weighted by Crippen LogP contribution is 2.41. The van der Waals surface area contributed by atoms with E-state index < -0.39 is 0 Å². The van der Waals surface area contributed by atoms with Crippen LogP contribution in [-0.4, -0.2) is 32.6 Å². The van der Waals surface area contributed by atoms with Crippen molar-refractivity contribution < 1.29 is 4.79 Å². The fourth-order valence-electron chi connectivity index (χ4n) is 3.61. The zero-order valence-electron chi connectivity index (χ0n) is 15.6. The number of benzene rings is 1. The smallest absolute Gasteiger partial charge is 0.236 e. The fourth-order valence-corrected chi connectivity index (χ4v) is 5.94. The molecule has 0 saturated heterocycles. The largest absolute Gasteiger partial charge is 0.338 e. The zero-order valence-corrected chi connectivity index (χ0v) is 17.3. The van der Waals surface area contributed by atoms with Gasteiger partial charge in [0.05, 0.1) is 5.25 Å². The van der Waals surface area contributed by atoms with E-state index in [1.54, 1.807) is 29.4 Å². The van der Waals surface area contributed by atoms with Crippen molar-refractivity contribution in [3.05, 3.63) is 52.7 Å². The molecule has 0 saturated carbocycles. The monoisotopic (exact) mass is 397 g/mol. The van der Waals surface area contributed by atoms with E-state index in [1.165, 1.54) is 22.2 Å². The second-order valence-corrected chi connectivity index (χ2v) is 9.23. The number of aromatic nitrogens is 2. The molecule has 3 aromatic rings. The third kappa shape index (κ3) is 3.73. The van der Waals surface area contributed by atoms with E-state index in [1.807, 2.05) is 36.9 Å². The Hall–Kier alpha value is -1.92. The molecule has 2 heterocycles. The van der Waals surface area contributed by atoms with Gasteiger partial charge in [0.2, 0.25) is 5.91 Å². The molecular weight excluding hydrogens is 374 g/mol. The molecule has 1 unspecified atom stereocenters. The van der Waals surface area contributed by atoms with Crippen molar-refractivity contribution in [2.45, 2.75) is 49.9 Å². The highest BCUT2D eigenvalue weighted by Gasteiger charge is 2.25. The molecule has 1 amide bonds. The van der Waals surface area contributed by atoms with Crippen LogP contribution in [0.1, 0.15) is 36.3 Å². The van der Waals surface area contributed by atoms with E-state index in [0.29, 0.717) is 13.1 Å². The predicted molar refractivity (Wildman–Crippen MR) is 112 cm³/mol. The average molecular weight is 398 g/mol. The summed E-state index contributed by atoms with van der Waals surface area (Å²) in [5.74, 6) is 0.157. The average Bonchev–Trinajstić information content (AvgIpc) is 3.27. The number of carbonyl (C=O) groups excluding carboxylic acids is 1. The SMILES string of the molecule is CCN(Cc1ccccc1)C(=O)C(C)Sc1ncnc2sc3c(c12)CCC3. The minimum absolute atomic E-state index is 0.157. The molecule has 0 N–H and O–H groups in total. The zero-order chi connectivity index (χ0) is 18.8. The van der Waals surface area contributed by atoms with Gasteiger partial charge >= 0.3 is 0 Å². The maximum absolute atomic E-state index is 13.1. The lowest BCUT2D eigenvalue weighted by molar-refractivity contribution is -0.130. The quantitative estimate of drug-likeness (QED) is 0.446. The molecule has 1 aliphatic rings. The number of hydrogen-bond donors (Lipinski definition) is 0. The first kappa shape index (κ1) is 18.4. The van der Waals surface area contributed by atoms with Gasteiger partial charge in [0.25, 0.3) is 0 Å². The molecule has 2 aromatic heterocycles. The number of thiophene rings is 1. The topological polar surface area (TPSA) is 46.1 Å². The summed E-state index contributed by atoms with van der Waals surface area (Å²) in [6.07, 6.45) is 5.10. The second kappa shape index (κ2) is 7.98. The number of carbonyl (C=O) groups is 1. The molecule has 4 nitrogen and oxygen atoms in total. The number of amides is 1. The van der Waals surface area contributed by atoms with Gasteiger partial charge in [-0.2, -0.15) is 0 Å². The maximum Gasteiger partial charge on any atom is 0.236 e. The van der Waals surface area contributed by atoms with Crippen molar-refractivity contribution in [2.75, 3.05) is 6.54 Å². The van der Waals surface area contributed by atoms with Gasteiger partial charge in [-0.05, 0) is 44.2 Å². The van der Waals surface area contributed by atoms with Crippen LogP contribution in [0.4, 0.5) is 0 Å². The summed E-state index contributed by atoms with van der Waals surface area (Å²) in [6, 6.07) is 10.2. The molecule has 6 heteroatoms. The Morgan fingerprint density at radius 2 is 2.07 bits per heavy atom. The summed E-state index contributed by atoms with van der Waals surface area (Å²) in [4.78, 5) is 26.5. The van der Waals surface area contributed by atoms with E-state index in [2.05, 4.69) is 22.1 Å². The summed E-state index contributed by atoms with van der Waals surface area (Å²) in [5, 5.41) is 1.96. The van der Waals surface area contributed by atoms with Crippen LogP contribution in [0.3, 0.4) is 0 Å². The van der Waals surface area contributed by atoms with Crippen molar-refractivity contribution in [1.29, 1.82) is 0 Å². The normalized spacial score (nSPS) is 14.3. The first-order valence-corrected chi connectivity index (χ1v) is 11.1. The lowest BCUT2D eigenvalue weighted by atomic mass is 10.2. The summed E-state index contributed by atoms with van der Waals surface area (Å²) in [5.41, 5.74) is 2.57. The van der Waals surface area contributed by atoms with Gasteiger partial charge in [-0.1, -0.05) is 42.1 Å². The summed E-state index contributed by atoms with van der Waals surface area (Å²) in [6.45, 7) is 5.37. The molecule has 1 aromatic carbocycles. The molecule has 0 fully saturated rings. The third-order valence-electron chi connectivity index (χ3n) is 5.01. The van der Waals surface area contributed by atoms with Gasteiger partial charge < -0.3 is 4.90 Å². The molecule has 0 bridgehead atoms. The number of rotatable bonds is 6. The van der Waals surface area contributed by atoms with Crippen LogP contribution in [0.5, 0.6) is 0 Å². The van der Waals surface area contributed by atoms with Crippen LogP contribution in [0, 0.1) is 0 Å². The van der Waals surface area contributed by atoms with Crippen molar-refractivity contribution in [3.8, 4) is 0 Å². The lowest BCUT2D eigenvalue weighted by Crippen LogP contribution is -2.36. The van der Waals surface area contributed by atoms with Crippen molar-refractivity contribution in [1.82, 2.24) is 14.9 Å². The molecule has 4 rings (SSSR count). The highest BCUT2D eigenvalue weighted by atomic mass is 32.2. The molecule has 1 atom stereocenters. The van der Waals surface area contributed by atoms with Crippen molar-refractivity contribution in [3.63, 3.8) is 0 Å². The van der Waals surface area contributed by atoms with E-state index in [0.717, 1.165) is 28.3 Å². The molecule has 27 heavy (non-hydrogen) atoms. The first-order valence-electron chi connectivity index (χ1n) is 9.42. The minimum Gasteiger partial charge on any atom is -0.338 e. The van der Waals surface area contributed by atoms with Gasteiger partial charge in [-0.15, -0.1) is 11.3 Å². The highest BCUT2D eigenvalue weighted by molar-refractivity contribution is 8.00. The molecule has 140 valence electrons. The standard InChI is InChI=1S/C21H23N3OS2/c1-3-24(12-15-8-5-4-6-9-15)21(25)14(2)26-19-18-16-10-7-11-17(16)27-20(18)23-13-22-19/h4-6,8-9,13-14H,3,7,10-12H2,1-2H3. The Kier molecular flexibility index (Phi) is 5.45. The number of fused-ring (bicyclic) bond motifs is 3. The van der Waals surface area contributed by atoms with Gasteiger partial charge in [-0.3, -0.25) is 4.79 Å². The Morgan fingerprint density at radius 3 is 2.85 bits per heavy atom. The van der Waals surface area contributed by atoms with Crippen LogP contribution in [0.2, 0.25) is 0 Å². The van der Waals surface area contributed by atoms with Crippen LogP contribution < -0.4 is 0 Å². The molecular formula is C21H23N3OS2. The summed E-state index contributed by atoms with van der Waals surface area (Å²) in [7, 11) is 0. The number of thioether (sulfide) groups is 1. The molecule has 0 radical (unpaired) electrons. The van der Waals surface area contributed by atoms with E-state index in [4.69, 9.17) is 0 Å². The van der Waals surface area contributed by atoms with Gasteiger partial charge in [0, 0.05) is 23.4 Å².